The number of carboxylic acids is 1. The standard InChI is InChI=1S/C14H11N3O3/c1-20-13-6-9(8-15)2-3-11(13)17-10-4-5-16-12(7-10)14(18)19/h2-7H,1H3,(H,16,17)(H,18,19). The van der Waals surface area contributed by atoms with Crippen molar-refractivity contribution >= 4 is 17.3 Å². The molecule has 0 aliphatic heterocycles. The van der Waals surface area contributed by atoms with Crippen molar-refractivity contribution in [1.29, 1.82) is 5.26 Å². The highest BCUT2D eigenvalue weighted by Gasteiger charge is 2.08. The lowest BCUT2D eigenvalue weighted by atomic mass is 10.2. The van der Waals surface area contributed by atoms with Gasteiger partial charge in [0, 0.05) is 18.0 Å². The van der Waals surface area contributed by atoms with Crippen molar-refractivity contribution in [3.05, 3.63) is 47.8 Å². The normalized spacial score (nSPS) is 9.60. The Morgan fingerprint density at radius 3 is 2.85 bits per heavy atom. The van der Waals surface area contributed by atoms with Gasteiger partial charge in [0.25, 0.3) is 0 Å². The third-order valence-corrected chi connectivity index (χ3v) is 2.59. The Bertz CT molecular complexity index is 692. The number of rotatable bonds is 4. The molecule has 2 N–H and O–H groups in total. The molecule has 2 rings (SSSR count). The van der Waals surface area contributed by atoms with Crippen LogP contribution >= 0.6 is 0 Å². The van der Waals surface area contributed by atoms with E-state index in [0.29, 0.717) is 22.7 Å². The van der Waals surface area contributed by atoms with Crippen LogP contribution in [0.3, 0.4) is 0 Å². The summed E-state index contributed by atoms with van der Waals surface area (Å²) in [6.45, 7) is 0. The van der Waals surface area contributed by atoms with Crippen molar-refractivity contribution in [2.24, 2.45) is 0 Å². The molecule has 1 aromatic heterocycles. The summed E-state index contributed by atoms with van der Waals surface area (Å²) >= 11 is 0. The fourth-order valence-electron chi connectivity index (χ4n) is 1.64. The molecule has 0 aliphatic carbocycles. The topological polar surface area (TPSA) is 95.2 Å². The van der Waals surface area contributed by atoms with Crippen LogP contribution in [-0.2, 0) is 0 Å². The third kappa shape index (κ3) is 2.84. The number of methoxy groups -OCH3 is 1. The zero-order valence-electron chi connectivity index (χ0n) is 10.6. The highest BCUT2D eigenvalue weighted by atomic mass is 16.5. The number of anilines is 2. The average molecular weight is 269 g/mol. The van der Waals surface area contributed by atoms with Crippen LogP contribution in [0.5, 0.6) is 5.75 Å². The summed E-state index contributed by atoms with van der Waals surface area (Å²) in [6.07, 6.45) is 1.40. The largest absolute Gasteiger partial charge is 0.495 e. The SMILES string of the molecule is COc1cc(C#N)ccc1Nc1ccnc(C(=O)O)c1. The number of nitrogens with one attached hydrogen (secondary N) is 1. The lowest BCUT2D eigenvalue weighted by Gasteiger charge is -2.11. The van der Waals surface area contributed by atoms with E-state index in [9.17, 15) is 4.79 Å². The molecule has 20 heavy (non-hydrogen) atoms. The second kappa shape index (κ2) is 5.71. The number of hydrogen-bond donors (Lipinski definition) is 2. The average Bonchev–Trinajstić information content (AvgIpc) is 2.48. The summed E-state index contributed by atoms with van der Waals surface area (Å²) in [7, 11) is 1.50. The minimum Gasteiger partial charge on any atom is -0.495 e. The second-order valence-corrected chi connectivity index (χ2v) is 3.89. The lowest BCUT2D eigenvalue weighted by Crippen LogP contribution is -2.01. The molecule has 0 atom stereocenters. The van der Waals surface area contributed by atoms with Crippen LogP contribution in [0.15, 0.2) is 36.5 Å². The van der Waals surface area contributed by atoms with Gasteiger partial charge in [-0.05, 0) is 24.3 Å². The van der Waals surface area contributed by atoms with Crippen molar-refractivity contribution in [1.82, 2.24) is 4.98 Å². The van der Waals surface area contributed by atoms with Gasteiger partial charge in [0.2, 0.25) is 0 Å². The van der Waals surface area contributed by atoms with Gasteiger partial charge in [-0.25, -0.2) is 9.78 Å². The van der Waals surface area contributed by atoms with Crippen molar-refractivity contribution < 1.29 is 14.6 Å². The van der Waals surface area contributed by atoms with E-state index in [1.165, 1.54) is 19.4 Å². The molecule has 0 bridgehead atoms. The number of ether oxygens (including phenoxy) is 1. The summed E-state index contributed by atoms with van der Waals surface area (Å²) in [4.78, 5) is 14.6. The molecule has 0 unspecified atom stereocenters. The van der Waals surface area contributed by atoms with Crippen LogP contribution in [-0.4, -0.2) is 23.2 Å². The molecule has 0 saturated heterocycles. The quantitative estimate of drug-likeness (QED) is 0.884. The van der Waals surface area contributed by atoms with Crippen LogP contribution in [0.4, 0.5) is 11.4 Å². The minimum absolute atomic E-state index is 0.0531. The van der Waals surface area contributed by atoms with Gasteiger partial charge in [0.05, 0.1) is 24.4 Å². The Hall–Kier alpha value is -3.07. The summed E-state index contributed by atoms with van der Waals surface area (Å²) < 4.78 is 5.19. The summed E-state index contributed by atoms with van der Waals surface area (Å²) in [5.41, 5.74) is 1.63. The molecule has 100 valence electrons. The highest BCUT2D eigenvalue weighted by molar-refractivity contribution is 5.86. The van der Waals surface area contributed by atoms with E-state index in [4.69, 9.17) is 15.1 Å². The fourth-order valence-corrected chi connectivity index (χ4v) is 1.64. The molecule has 0 aliphatic rings. The third-order valence-electron chi connectivity index (χ3n) is 2.59. The zero-order chi connectivity index (χ0) is 14.5. The first-order valence-electron chi connectivity index (χ1n) is 5.68. The van der Waals surface area contributed by atoms with Crippen LogP contribution in [0.25, 0.3) is 0 Å². The Labute approximate surface area is 115 Å². The molecule has 0 radical (unpaired) electrons. The van der Waals surface area contributed by atoms with Crippen molar-refractivity contribution in [2.75, 3.05) is 12.4 Å². The second-order valence-electron chi connectivity index (χ2n) is 3.89. The molecule has 1 heterocycles. The van der Waals surface area contributed by atoms with Gasteiger partial charge in [-0.3, -0.25) is 0 Å². The van der Waals surface area contributed by atoms with E-state index >= 15 is 0 Å². The fraction of sp³-hybridized carbons (Fsp3) is 0.0714. The maximum absolute atomic E-state index is 10.9. The van der Waals surface area contributed by atoms with E-state index in [-0.39, 0.29) is 5.69 Å². The predicted octanol–water partition coefficient (Wildman–Crippen LogP) is 2.40. The molecule has 0 amide bonds. The van der Waals surface area contributed by atoms with Crippen LogP contribution in [0, 0.1) is 11.3 Å². The number of nitriles is 1. The van der Waals surface area contributed by atoms with Gasteiger partial charge in [-0.15, -0.1) is 0 Å². The van der Waals surface area contributed by atoms with Gasteiger partial charge >= 0.3 is 5.97 Å². The number of hydrogen-bond acceptors (Lipinski definition) is 5. The molecule has 0 saturated carbocycles. The molecule has 0 spiro atoms. The minimum atomic E-state index is -1.10. The van der Waals surface area contributed by atoms with E-state index in [2.05, 4.69) is 10.3 Å². The monoisotopic (exact) mass is 269 g/mol. The van der Waals surface area contributed by atoms with Gasteiger partial charge < -0.3 is 15.2 Å². The van der Waals surface area contributed by atoms with Crippen molar-refractivity contribution in [3.63, 3.8) is 0 Å². The van der Waals surface area contributed by atoms with Crippen molar-refractivity contribution in [3.8, 4) is 11.8 Å². The summed E-state index contributed by atoms with van der Waals surface area (Å²) in [5, 5.41) is 20.8. The maximum Gasteiger partial charge on any atom is 0.354 e. The molecule has 0 fully saturated rings. The number of pyridine rings is 1. The predicted molar refractivity (Wildman–Crippen MR) is 72.2 cm³/mol. The van der Waals surface area contributed by atoms with Gasteiger partial charge in [-0.2, -0.15) is 5.26 Å². The van der Waals surface area contributed by atoms with E-state index in [0.717, 1.165) is 0 Å². The van der Waals surface area contributed by atoms with Crippen LogP contribution in [0.2, 0.25) is 0 Å². The Morgan fingerprint density at radius 2 is 2.20 bits per heavy atom. The highest BCUT2D eigenvalue weighted by Crippen LogP contribution is 2.28. The molecular weight excluding hydrogens is 258 g/mol. The van der Waals surface area contributed by atoms with Crippen LogP contribution in [0.1, 0.15) is 16.1 Å². The first-order valence-corrected chi connectivity index (χ1v) is 5.68. The maximum atomic E-state index is 10.9. The number of carboxylic acid groups (broad SMARTS) is 1. The molecule has 2 aromatic rings. The number of aromatic carboxylic acids is 1. The number of carbonyl (C=O) groups is 1. The molecule has 6 heteroatoms. The zero-order valence-corrected chi connectivity index (χ0v) is 10.6. The van der Waals surface area contributed by atoms with Gasteiger partial charge in [0.1, 0.15) is 11.4 Å². The van der Waals surface area contributed by atoms with E-state index < -0.39 is 5.97 Å². The Kier molecular flexibility index (Phi) is 3.82. The number of aromatic nitrogens is 1. The van der Waals surface area contributed by atoms with Gasteiger partial charge in [0.15, 0.2) is 0 Å². The lowest BCUT2D eigenvalue weighted by molar-refractivity contribution is 0.0690. The van der Waals surface area contributed by atoms with Crippen LogP contribution < -0.4 is 10.1 Å². The molecular formula is C14H11N3O3. The smallest absolute Gasteiger partial charge is 0.354 e. The van der Waals surface area contributed by atoms with E-state index in [1.807, 2.05) is 6.07 Å². The van der Waals surface area contributed by atoms with Gasteiger partial charge in [-0.1, -0.05) is 0 Å². The Morgan fingerprint density at radius 1 is 1.40 bits per heavy atom. The number of nitrogens with zero attached hydrogens (tertiary/aromatic N) is 2. The molecule has 1 aromatic carbocycles. The first-order chi connectivity index (χ1) is 9.63. The summed E-state index contributed by atoms with van der Waals surface area (Å²) in [6, 6.07) is 10.0. The van der Waals surface area contributed by atoms with E-state index in [1.54, 1.807) is 24.3 Å². The number of benzene rings is 1. The Balaban J connectivity index is 2.32. The molecule has 6 nitrogen and oxygen atoms in total. The van der Waals surface area contributed by atoms with Crippen molar-refractivity contribution in [2.45, 2.75) is 0 Å². The summed E-state index contributed by atoms with van der Waals surface area (Å²) in [5.74, 6) is -0.599. The first kappa shape index (κ1) is 13.4.